The zero-order valence-electron chi connectivity index (χ0n) is 16.0. The molecule has 0 saturated heterocycles. The molecule has 1 N–H and O–H groups in total. The molecule has 0 unspecified atom stereocenters. The van der Waals surface area contributed by atoms with Gasteiger partial charge in [-0.1, -0.05) is 69.6 Å². The SMILES string of the molecule is COC(=O)[C@@H]([C@@H](C(=O)NCc1ccccc1)[Si](C)(C)C)[Si](C)(C)C. The van der Waals surface area contributed by atoms with E-state index in [0.29, 0.717) is 6.54 Å². The van der Waals surface area contributed by atoms with E-state index in [1.807, 2.05) is 30.3 Å². The lowest BCUT2D eigenvalue weighted by Crippen LogP contribution is -2.50. The summed E-state index contributed by atoms with van der Waals surface area (Å²) in [4.78, 5) is 25.5. The van der Waals surface area contributed by atoms with Crippen LogP contribution >= 0.6 is 0 Å². The van der Waals surface area contributed by atoms with E-state index in [0.717, 1.165) is 5.56 Å². The second kappa shape index (κ2) is 8.11. The second-order valence-electron chi connectivity index (χ2n) is 8.41. The highest BCUT2D eigenvalue weighted by Gasteiger charge is 2.49. The van der Waals surface area contributed by atoms with Gasteiger partial charge < -0.3 is 10.1 Å². The Kier molecular flexibility index (Phi) is 6.98. The van der Waals surface area contributed by atoms with Crippen molar-refractivity contribution < 1.29 is 14.3 Å². The van der Waals surface area contributed by atoms with Crippen molar-refractivity contribution in [3.05, 3.63) is 35.9 Å². The second-order valence-corrected chi connectivity index (χ2v) is 19.1. The van der Waals surface area contributed by atoms with Crippen molar-refractivity contribution in [3.63, 3.8) is 0 Å². The molecule has 134 valence electrons. The van der Waals surface area contributed by atoms with Crippen LogP contribution in [0.4, 0.5) is 0 Å². The first-order valence-corrected chi connectivity index (χ1v) is 15.5. The van der Waals surface area contributed by atoms with Crippen LogP contribution < -0.4 is 5.32 Å². The van der Waals surface area contributed by atoms with Gasteiger partial charge in [0.1, 0.15) is 0 Å². The molecular formula is C18H31NO3Si2. The van der Waals surface area contributed by atoms with E-state index in [9.17, 15) is 9.59 Å². The maximum atomic E-state index is 13.0. The third kappa shape index (κ3) is 5.59. The maximum Gasteiger partial charge on any atom is 0.306 e. The number of nitrogens with one attached hydrogen (secondary N) is 1. The van der Waals surface area contributed by atoms with Crippen LogP contribution in [-0.2, 0) is 20.9 Å². The van der Waals surface area contributed by atoms with Gasteiger partial charge in [-0.2, -0.15) is 0 Å². The van der Waals surface area contributed by atoms with Gasteiger partial charge in [0.15, 0.2) is 0 Å². The van der Waals surface area contributed by atoms with E-state index >= 15 is 0 Å². The summed E-state index contributed by atoms with van der Waals surface area (Å²) < 4.78 is 5.07. The molecule has 24 heavy (non-hydrogen) atoms. The Hall–Kier alpha value is -1.41. The first kappa shape index (κ1) is 20.6. The minimum atomic E-state index is -1.92. The van der Waals surface area contributed by atoms with E-state index < -0.39 is 16.1 Å². The highest BCUT2D eigenvalue weighted by atomic mass is 28.3. The van der Waals surface area contributed by atoms with Crippen LogP contribution in [0.5, 0.6) is 0 Å². The molecule has 0 aromatic heterocycles. The molecule has 1 aromatic rings. The van der Waals surface area contributed by atoms with Gasteiger partial charge in [-0.25, -0.2) is 0 Å². The predicted molar refractivity (Wildman–Crippen MR) is 104 cm³/mol. The van der Waals surface area contributed by atoms with Crippen LogP contribution in [0.2, 0.25) is 50.4 Å². The molecule has 1 rings (SSSR count). The van der Waals surface area contributed by atoms with Gasteiger partial charge in [0.05, 0.1) is 28.8 Å². The monoisotopic (exact) mass is 365 g/mol. The summed E-state index contributed by atoms with van der Waals surface area (Å²) in [5, 5.41) is 3.05. The third-order valence-electron chi connectivity index (χ3n) is 4.25. The van der Waals surface area contributed by atoms with Gasteiger partial charge in [0.2, 0.25) is 5.91 Å². The molecule has 2 atom stereocenters. The summed E-state index contributed by atoms with van der Waals surface area (Å²) in [5.74, 6) is -0.257. The molecule has 0 spiro atoms. The number of hydrogen-bond donors (Lipinski definition) is 1. The molecule has 6 heteroatoms. The molecule has 0 fully saturated rings. The lowest BCUT2D eigenvalue weighted by Gasteiger charge is -2.39. The number of methoxy groups -OCH3 is 1. The number of esters is 1. The first-order chi connectivity index (χ1) is 11.0. The Morgan fingerprint density at radius 3 is 1.88 bits per heavy atom. The van der Waals surface area contributed by atoms with E-state index in [4.69, 9.17) is 4.74 Å². The van der Waals surface area contributed by atoms with Crippen LogP contribution in [0.3, 0.4) is 0 Å². The number of amides is 1. The average Bonchev–Trinajstić information content (AvgIpc) is 2.48. The van der Waals surface area contributed by atoms with Gasteiger partial charge in [0.25, 0.3) is 0 Å². The Morgan fingerprint density at radius 2 is 1.46 bits per heavy atom. The van der Waals surface area contributed by atoms with Crippen molar-refractivity contribution in [2.24, 2.45) is 0 Å². The first-order valence-electron chi connectivity index (χ1n) is 8.38. The molecule has 1 aromatic carbocycles. The molecule has 4 nitrogen and oxygen atoms in total. The molecule has 0 aliphatic rings. The van der Waals surface area contributed by atoms with Crippen molar-refractivity contribution in [1.29, 1.82) is 0 Å². The highest BCUT2D eigenvalue weighted by Crippen LogP contribution is 2.42. The number of benzene rings is 1. The summed E-state index contributed by atoms with van der Waals surface area (Å²) in [7, 11) is -2.42. The molecule has 1 amide bonds. The maximum absolute atomic E-state index is 13.0. The number of ether oxygens (including phenoxy) is 1. The van der Waals surface area contributed by atoms with Crippen molar-refractivity contribution in [1.82, 2.24) is 5.32 Å². The molecule has 0 bridgehead atoms. The number of carbonyl (C=O) groups is 2. The minimum absolute atomic E-state index is 0.0177. The fourth-order valence-electron chi connectivity index (χ4n) is 3.06. The van der Waals surface area contributed by atoms with Gasteiger partial charge in [0, 0.05) is 12.1 Å². The minimum Gasteiger partial charge on any atom is -0.469 e. The fraction of sp³-hybridized carbons (Fsp3) is 0.556. The smallest absolute Gasteiger partial charge is 0.306 e. The largest absolute Gasteiger partial charge is 0.469 e. The lowest BCUT2D eigenvalue weighted by molar-refractivity contribution is -0.142. The van der Waals surface area contributed by atoms with Crippen LogP contribution in [0.25, 0.3) is 0 Å². The van der Waals surface area contributed by atoms with Gasteiger partial charge >= 0.3 is 5.97 Å². The normalized spacial score (nSPS) is 14.6. The molecule has 0 heterocycles. The number of hydrogen-bond acceptors (Lipinski definition) is 3. The summed E-state index contributed by atoms with van der Waals surface area (Å²) >= 11 is 0. The zero-order chi connectivity index (χ0) is 18.5. The quantitative estimate of drug-likeness (QED) is 0.589. The van der Waals surface area contributed by atoms with Crippen LogP contribution in [0.1, 0.15) is 5.56 Å². The van der Waals surface area contributed by atoms with E-state index in [-0.39, 0.29) is 23.0 Å². The van der Waals surface area contributed by atoms with Crippen LogP contribution in [0, 0.1) is 0 Å². The number of carbonyl (C=O) groups excluding carboxylic acids is 2. The van der Waals surface area contributed by atoms with Gasteiger partial charge in [-0.3, -0.25) is 9.59 Å². The third-order valence-corrected chi connectivity index (χ3v) is 9.48. The van der Waals surface area contributed by atoms with Crippen LogP contribution in [0.15, 0.2) is 30.3 Å². The standard InChI is InChI=1S/C18H31NO3Si2/c1-22-18(21)16(24(5,6)7)15(23(2,3)4)17(20)19-13-14-11-9-8-10-12-14/h8-12,15-16H,13H2,1-7H3,(H,19,20)/t15-,16+/m0/s1. The zero-order valence-corrected chi connectivity index (χ0v) is 18.0. The summed E-state index contributed by atoms with van der Waals surface area (Å²) in [5.41, 5.74) is 0.466. The van der Waals surface area contributed by atoms with Gasteiger partial charge in [-0.05, 0) is 5.56 Å². The average molecular weight is 366 g/mol. The van der Waals surface area contributed by atoms with Crippen molar-refractivity contribution in [2.75, 3.05) is 7.11 Å². The topological polar surface area (TPSA) is 55.4 Å². The lowest BCUT2D eigenvalue weighted by atomic mass is 10.2. The van der Waals surface area contributed by atoms with Crippen molar-refractivity contribution in [3.8, 4) is 0 Å². The summed E-state index contributed by atoms with van der Waals surface area (Å²) in [6.45, 7) is 13.3. The van der Waals surface area contributed by atoms with E-state index in [1.165, 1.54) is 7.11 Å². The highest BCUT2D eigenvalue weighted by molar-refractivity contribution is 6.87. The van der Waals surface area contributed by atoms with E-state index in [2.05, 4.69) is 44.6 Å². The Morgan fingerprint density at radius 1 is 0.958 bits per heavy atom. The Balaban J connectivity index is 3.06. The molecule has 0 radical (unpaired) electrons. The fourth-order valence-corrected chi connectivity index (χ4v) is 10.1. The predicted octanol–water partition coefficient (Wildman–Crippen LogP) is 3.89. The summed E-state index contributed by atoms with van der Waals surface area (Å²) in [6.07, 6.45) is 0. The Bertz CT molecular complexity index is 562. The van der Waals surface area contributed by atoms with Crippen LogP contribution in [-0.4, -0.2) is 35.1 Å². The summed E-state index contributed by atoms with van der Waals surface area (Å²) in [6, 6.07) is 9.84. The Labute approximate surface area is 148 Å². The molecular weight excluding hydrogens is 334 g/mol. The molecule has 0 aliphatic carbocycles. The van der Waals surface area contributed by atoms with E-state index in [1.54, 1.807) is 0 Å². The molecule has 0 aliphatic heterocycles. The van der Waals surface area contributed by atoms with Crippen molar-refractivity contribution >= 4 is 28.0 Å². The van der Waals surface area contributed by atoms with Crippen molar-refractivity contribution in [2.45, 2.75) is 56.9 Å². The number of rotatable bonds is 7. The van der Waals surface area contributed by atoms with Gasteiger partial charge in [-0.15, -0.1) is 0 Å². The molecule has 0 saturated carbocycles.